The van der Waals surface area contributed by atoms with Crippen LogP contribution in [0.25, 0.3) is 10.9 Å². The Hall–Kier alpha value is -4.92. The first-order valence-corrected chi connectivity index (χ1v) is 14.5. The molecule has 2 heterocycles. The number of H-pyrrole nitrogens is 2. The summed E-state index contributed by atoms with van der Waals surface area (Å²) >= 11 is 0. The summed E-state index contributed by atoms with van der Waals surface area (Å²) in [6.07, 6.45) is 5.98. The van der Waals surface area contributed by atoms with Crippen molar-refractivity contribution in [3.05, 3.63) is 54.2 Å². The third-order valence-electron chi connectivity index (χ3n) is 7.42. The van der Waals surface area contributed by atoms with E-state index < -0.39 is 47.9 Å². The van der Waals surface area contributed by atoms with E-state index in [9.17, 15) is 24.3 Å². The lowest BCUT2D eigenvalue weighted by atomic mass is 9.96. The molecule has 0 aliphatic carbocycles. The molecule has 12 N–H and O–H groups in total. The second-order valence-corrected chi connectivity index (χ2v) is 10.7. The maximum absolute atomic E-state index is 13.8. The van der Waals surface area contributed by atoms with Gasteiger partial charge in [0.2, 0.25) is 17.7 Å². The Morgan fingerprint density at radius 1 is 1.00 bits per heavy atom. The van der Waals surface area contributed by atoms with Crippen molar-refractivity contribution >= 4 is 40.6 Å². The van der Waals surface area contributed by atoms with Crippen LogP contribution in [0.15, 0.2) is 48.0 Å². The summed E-state index contributed by atoms with van der Waals surface area (Å²) < 4.78 is 0. The molecule has 15 nitrogen and oxygen atoms in total. The number of benzene rings is 1. The maximum atomic E-state index is 13.8. The van der Waals surface area contributed by atoms with Gasteiger partial charge in [-0.3, -0.25) is 19.4 Å². The number of aromatic amines is 2. The number of hydrogen-bond donors (Lipinski definition) is 9. The van der Waals surface area contributed by atoms with E-state index in [-0.39, 0.29) is 37.7 Å². The van der Waals surface area contributed by atoms with E-state index in [1.54, 1.807) is 19.3 Å². The van der Waals surface area contributed by atoms with Crippen molar-refractivity contribution in [2.75, 3.05) is 6.54 Å². The largest absolute Gasteiger partial charge is 0.480 e. The van der Waals surface area contributed by atoms with Gasteiger partial charge in [-0.1, -0.05) is 38.5 Å². The smallest absolute Gasteiger partial charge is 0.326 e. The minimum absolute atomic E-state index is 0.0759. The number of aliphatic carboxylic acids is 1. The highest BCUT2D eigenvalue weighted by atomic mass is 16.4. The number of carboxylic acid groups (broad SMARTS) is 1. The first kappa shape index (κ1) is 33.6. The van der Waals surface area contributed by atoms with Crippen molar-refractivity contribution in [1.29, 1.82) is 0 Å². The fourth-order valence-electron chi connectivity index (χ4n) is 4.71. The maximum Gasteiger partial charge on any atom is 0.326 e. The van der Waals surface area contributed by atoms with Crippen molar-refractivity contribution in [2.24, 2.45) is 28.1 Å². The van der Waals surface area contributed by atoms with Crippen molar-refractivity contribution in [3.8, 4) is 0 Å². The molecular formula is C29H42N10O5. The molecule has 3 aromatic rings. The topological polar surface area (TPSA) is 259 Å². The molecule has 0 bridgehead atoms. The van der Waals surface area contributed by atoms with Gasteiger partial charge in [-0.2, -0.15) is 0 Å². The molecule has 44 heavy (non-hydrogen) atoms. The van der Waals surface area contributed by atoms with Crippen LogP contribution in [0.5, 0.6) is 0 Å². The number of para-hydroxylation sites is 1. The summed E-state index contributed by atoms with van der Waals surface area (Å²) in [5.74, 6) is -3.53. The zero-order valence-electron chi connectivity index (χ0n) is 24.9. The number of fused-ring (bicyclic) bond motifs is 1. The lowest BCUT2D eigenvalue weighted by molar-refractivity contribution is -0.142. The summed E-state index contributed by atoms with van der Waals surface area (Å²) in [7, 11) is 0. The quantitative estimate of drug-likeness (QED) is 0.0548. The number of amides is 3. The monoisotopic (exact) mass is 610 g/mol. The van der Waals surface area contributed by atoms with Gasteiger partial charge in [-0.15, -0.1) is 0 Å². The van der Waals surface area contributed by atoms with Gasteiger partial charge in [0.05, 0.1) is 12.4 Å². The van der Waals surface area contributed by atoms with Gasteiger partial charge >= 0.3 is 5.97 Å². The minimum Gasteiger partial charge on any atom is -0.480 e. The van der Waals surface area contributed by atoms with Crippen LogP contribution in [0.4, 0.5) is 0 Å². The van der Waals surface area contributed by atoms with Gasteiger partial charge in [-0.05, 0) is 30.4 Å². The van der Waals surface area contributed by atoms with E-state index in [1.165, 1.54) is 6.33 Å². The number of nitrogens with one attached hydrogen (secondary N) is 5. The number of aromatic nitrogens is 3. The summed E-state index contributed by atoms with van der Waals surface area (Å²) in [5, 5.41) is 18.6. The lowest BCUT2D eigenvalue weighted by Crippen LogP contribution is -2.59. The van der Waals surface area contributed by atoms with Crippen LogP contribution in [0.2, 0.25) is 0 Å². The van der Waals surface area contributed by atoms with Crippen molar-refractivity contribution in [2.45, 2.75) is 70.1 Å². The highest BCUT2D eigenvalue weighted by molar-refractivity contribution is 5.95. The fraction of sp³-hybridized carbons (Fsp3) is 0.448. The average Bonchev–Trinajstić information content (AvgIpc) is 3.66. The predicted octanol–water partition coefficient (Wildman–Crippen LogP) is -0.358. The molecule has 2 aromatic heterocycles. The van der Waals surface area contributed by atoms with Crippen LogP contribution in [-0.4, -0.2) is 80.4 Å². The van der Waals surface area contributed by atoms with Gasteiger partial charge in [0.25, 0.3) is 0 Å². The number of hydrogen-bond acceptors (Lipinski definition) is 7. The van der Waals surface area contributed by atoms with Gasteiger partial charge in [0, 0.05) is 48.4 Å². The van der Waals surface area contributed by atoms with Gasteiger partial charge in [0.15, 0.2) is 5.96 Å². The first-order chi connectivity index (χ1) is 21.0. The Morgan fingerprint density at radius 3 is 2.39 bits per heavy atom. The number of carbonyl (C=O) groups is 4. The molecule has 0 radical (unpaired) electrons. The molecule has 0 saturated heterocycles. The normalized spacial score (nSPS) is 14.5. The number of imidazole rings is 1. The Morgan fingerprint density at radius 2 is 1.73 bits per heavy atom. The van der Waals surface area contributed by atoms with Crippen LogP contribution in [0.3, 0.4) is 0 Å². The number of nitrogens with two attached hydrogens (primary N) is 3. The van der Waals surface area contributed by atoms with Crippen molar-refractivity contribution in [1.82, 2.24) is 30.9 Å². The highest BCUT2D eigenvalue weighted by Gasteiger charge is 2.33. The average molecular weight is 611 g/mol. The molecule has 0 spiro atoms. The molecule has 1 aromatic carbocycles. The molecule has 238 valence electrons. The molecule has 15 heteroatoms. The van der Waals surface area contributed by atoms with Gasteiger partial charge in [-0.25, -0.2) is 9.78 Å². The molecule has 0 aliphatic rings. The Labute approximate surface area is 254 Å². The molecule has 0 saturated carbocycles. The van der Waals surface area contributed by atoms with Crippen LogP contribution in [0.1, 0.15) is 44.4 Å². The number of aliphatic imine (C=N–C) groups is 1. The number of guanidine groups is 1. The first-order valence-electron chi connectivity index (χ1n) is 14.5. The summed E-state index contributed by atoms with van der Waals surface area (Å²) in [5.41, 5.74) is 19.1. The molecule has 0 fully saturated rings. The highest BCUT2D eigenvalue weighted by Crippen LogP contribution is 2.20. The van der Waals surface area contributed by atoms with E-state index in [2.05, 4.69) is 35.9 Å². The zero-order chi connectivity index (χ0) is 32.2. The molecule has 3 rings (SSSR count). The minimum atomic E-state index is -1.23. The second-order valence-electron chi connectivity index (χ2n) is 10.7. The lowest BCUT2D eigenvalue weighted by Gasteiger charge is -2.28. The number of carbonyl (C=O) groups excluding carboxylic acids is 3. The fourth-order valence-corrected chi connectivity index (χ4v) is 4.71. The second kappa shape index (κ2) is 16.1. The molecule has 5 atom stereocenters. The summed E-state index contributed by atoms with van der Waals surface area (Å²) in [6.45, 7) is 3.82. The molecule has 0 aliphatic heterocycles. The van der Waals surface area contributed by atoms with E-state index in [1.807, 2.05) is 31.2 Å². The third kappa shape index (κ3) is 9.55. The van der Waals surface area contributed by atoms with Crippen molar-refractivity contribution in [3.63, 3.8) is 0 Å². The van der Waals surface area contributed by atoms with E-state index >= 15 is 0 Å². The van der Waals surface area contributed by atoms with E-state index in [0.717, 1.165) is 16.5 Å². The Balaban J connectivity index is 1.80. The Bertz CT molecular complexity index is 1430. The van der Waals surface area contributed by atoms with Crippen LogP contribution in [-0.2, 0) is 32.0 Å². The van der Waals surface area contributed by atoms with Gasteiger partial charge in [0.1, 0.15) is 18.1 Å². The number of rotatable bonds is 17. The van der Waals surface area contributed by atoms with Crippen LogP contribution >= 0.6 is 0 Å². The van der Waals surface area contributed by atoms with E-state index in [4.69, 9.17) is 17.2 Å². The number of nitrogens with zero attached hydrogens (tertiary/aromatic N) is 2. The summed E-state index contributed by atoms with van der Waals surface area (Å²) in [6, 6.07) is 3.18. The zero-order valence-corrected chi connectivity index (χ0v) is 24.9. The van der Waals surface area contributed by atoms with Gasteiger partial charge < -0.3 is 48.2 Å². The molecular weight excluding hydrogens is 568 g/mol. The standard InChI is InChI=1S/C29H42N10O5/c1-3-16(2)24(27(42)37-22(28(43)44)9-6-10-34-29(31)32)39-26(41)23(11-17-13-35-21-8-5-4-7-19(17)21)38-25(40)20(30)12-18-14-33-15-36-18/h4-5,7-8,13-16,20,22-24,35H,3,6,9-12,30H2,1-2H3,(H,33,36)(H,37,42)(H,38,40)(H,39,41)(H,43,44)(H4,31,32,34). The number of carboxylic acids is 1. The van der Waals surface area contributed by atoms with E-state index in [0.29, 0.717) is 18.5 Å². The molecule has 5 unspecified atom stereocenters. The van der Waals surface area contributed by atoms with Crippen molar-refractivity contribution < 1.29 is 24.3 Å². The summed E-state index contributed by atoms with van der Waals surface area (Å²) in [4.78, 5) is 66.0. The SMILES string of the molecule is CCC(C)C(NC(=O)C(Cc1c[nH]c2ccccc12)NC(=O)C(N)Cc1cnc[nH]1)C(=O)NC(CCCN=C(N)N)C(=O)O. The predicted molar refractivity (Wildman–Crippen MR) is 165 cm³/mol. The Kier molecular flexibility index (Phi) is 12.3. The molecule has 3 amide bonds. The third-order valence-corrected chi connectivity index (χ3v) is 7.42. The van der Waals surface area contributed by atoms with Crippen LogP contribution in [0, 0.1) is 5.92 Å². The van der Waals surface area contributed by atoms with Crippen LogP contribution < -0.4 is 33.2 Å².